The van der Waals surface area contributed by atoms with Gasteiger partial charge in [0.05, 0.1) is 0 Å². The third kappa shape index (κ3) is 8.88. The fourth-order valence-corrected chi connectivity index (χ4v) is 3.38. The van der Waals surface area contributed by atoms with Crippen LogP contribution in [-0.2, 0) is 22.4 Å². The average molecular weight is 463 g/mol. The predicted molar refractivity (Wildman–Crippen MR) is 122 cm³/mol. The Hall–Kier alpha value is -2.88. The molecule has 2 amide bonds. The van der Waals surface area contributed by atoms with Crippen LogP contribution in [0.2, 0.25) is 0 Å². The standard InChI is InChI=1S/C24H32F2N4O3/c1-30(22(31)15-19(27)14-17-13-18(25)8-9-20(17)26)11-5-10-29-24(33)23(32)21(28)12-16-6-3-2-4-7-16/h2-4,6-9,13,19,21,23,32H,5,10-12,14-15,27-28H2,1H3,(H,29,33). The van der Waals surface area contributed by atoms with Crippen molar-refractivity contribution < 1.29 is 23.5 Å². The van der Waals surface area contributed by atoms with Gasteiger partial charge in [0.2, 0.25) is 11.8 Å². The van der Waals surface area contributed by atoms with Crippen LogP contribution in [0.5, 0.6) is 0 Å². The molecule has 0 saturated heterocycles. The van der Waals surface area contributed by atoms with Gasteiger partial charge in [-0.15, -0.1) is 0 Å². The van der Waals surface area contributed by atoms with Crippen LogP contribution in [0.15, 0.2) is 48.5 Å². The van der Waals surface area contributed by atoms with Crippen LogP contribution in [0.4, 0.5) is 8.78 Å². The minimum Gasteiger partial charge on any atom is -0.382 e. The second kappa shape index (κ2) is 13.0. The van der Waals surface area contributed by atoms with Crippen molar-refractivity contribution in [3.8, 4) is 0 Å². The van der Waals surface area contributed by atoms with Crippen LogP contribution < -0.4 is 16.8 Å². The first-order chi connectivity index (χ1) is 15.7. The lowest BCUT2D eigenvalue weighted by molar-refractivity contribution is -0.130. The maximum absolute atomic E-state index is 13.7. The molecule has 0 aliphatic rings. The highest BCUT2D eigenvalue weighted by molar-refractivity contribution is 5.81. The van der Waals surface area contributed by atoms with E-state index in [0.717, 1.165) is 23.8 Å². The summed E-state index contributed by atoms with van der Waals surface area (Å²) >= 11 is 0. The molecule has 9 heteroatoms. The number of halogens is 2. The second-order valence-electron chi connectivity index (χ2n) is 8.16. The molecule has 0 saturated carbocycles. The zero-order chi connectivity index (χ0) is 24.4. The smallest absolute Gasteiger partial charge is 0.250 e. The lowest BCUT2D eigenvalue weighted by Gasteiger charge is -2.21. The van der Waals surface area contributed by atoms with Crippen molar-refractivity contribution in [2.45, 2.75) is 43.9 Å². The summed E-state index contributed by atoms with van der Waals surface area (Å²) in [4.78, 5) is 25.9. The van der Waals surface area contributed by atoms with Crippen LogP contribution in [-0.4, -0.2) is 60.1 Å². The lowest BCUT2D eigenvalue weighted by Crippen LogP contribution is -2.47. The maximum atomic E-state index is 13.7. The van der Waals surface area contributed by atoms with Crippen molar-refractivity contribution in [2.75, 3.05) is 20.1 Å². The van der Waals surface area contributed by atoms with E-state index >= 15 is 0 Å². The molecule has 7 nitrogen and oxygen atoms in total. The molecule has 2 rings (SSSR count). The number of aliphatic hydroxyl groups excluding tert-OH is 1. The summed E-state index contributed by atoms with van der Waals surface area (Å²) in [6.45, 7) is 0.610. The Balaban J connectivity index is 1.68. The Morgan fingerprint density at radius 1 is 1.09 bits per heavy atom. The third-order valence-corrected chi connectivity index (χ3v) is 5.31. The molecule has 0 spiro atoms. The summed E-state index contributed by atoms with van der Waals surface area (Å²) in [5, 5.41) is 12.8. The molecule has 6 N–H and O–H groups in total. The molecule has 0 aromatic heterocycles. The first kappa shape index (κ1) is 26.4. The van der Waals surface area contributed by atoms with E-state index in [-0.39, 0.29) is 30.9 Å². The van der Waals surface area contributed by atoms with E-state index in [1.54, 1.807) is 7.05 Å². The van der Waals surface area contributed by atoms with Gasteiger partial charge in [-0.2, -0.15) is 0 Å². The van der Waals surface area contributed by atoms with E-state index in [2.05, 4.69) is 5.32 Å². The quantitative estimate of drug-likeness (QED) is 0.352. The fraction of sp³-hybridized carbons (Fsp3) is 0.417. The number of benzene rings is 2. The molecule has 2 aromatic carbocycles. The third-order valence-electron chi connectivity index (χ3n) is 5.31. The van der Waals surface area contributed by atoms with Crippen LogP contribution >= 0.6 is 0 Å². The lowest BCUT2D eigenvalue weighted by atomic mass is 10.0. The number of nitrogens with zero attached hydrogens (tertiary/aromatic N) is 1. The number of carbonyl (C=O) groups excluding carboxylic acids is 2. The predicted octanol–water partition coefficient (Wildman–Crippen LogP) is 1.12. The Morgan fingerprint density at radius 2 is 1.79 bits per heavy atom. The molecule has 3 unspecified atom stereocenters. The number of amides is 2. The van der Waals surface area contributed by atoms with Crippen LogP contribution in [0.3, 0.4) is 0 Å². The van der Waals surface area contributed by atoms with E-state index in [1.807, 2.05) is 30.3 Å². The summed E-state index contributed by atoms with van der Waals surface area (Å²) < 4.78 is 27.0. The number of carbonyl (C=O) groups is 2. The first-order valence-corrected chi connectivity index (χ1v) is 10.9. The summed E-state index contributed by atoms with van der Waals surface area (Å²) in [6, 6.07) is 11.1. The van der Waals surface area contributed by atoms with Crippen molar-refractivity contribution in [2.24, 2.45) is 11.5 Å². The van der Waals surface area contributed by atoms with Crippen molar-refractivity contribution in [1.29, 1.82) is 0 Å². The van der Waals surface area contributed by atoms with Gasteiger partial charge in [0.1, 0.15) is 17.7 Å². The number of nitrogens with one attached hydrogen (secondary N) is 1. The normalized spacial score (nSPS) is 13.8. The van der Waals surface area contributed by atoms with E-state index in [1.165, 1.54) is 4.90 Å². The van der Waals surface area contributed by atoms with Crippen molar-refractivity contribution in [3.05, 3.63) is 71.3 Å². The van der Waals surface area contributed by atoms with Gasteiger partial charge in [-0.3, -0.25) is 9.59 Å². The summed E-state index contributed by atoms with van der Waals surface area (Å²) in [5.41, 5.74) is 12.9. The van der Waals surface area contributed by atoms with Gasteiger partial charge in [0.15, 0.2) is 0 Å². The minimum atomic E-state index is -1.34. The molecule has 0 aliphatic heterocycles. The van der Waals surface area contributed by atoms with E-state index < -0.39 is 35.7 Å². The molecule has 180 valence electrons. The zero-order valence-electron chi connectivity index (χ0n) is 18.7. The highest BCUT2D eigenvalue weighted by Gasteiger charge is 2.23. The molecular weight excluding hydrogens is 430 g/mol. The topological polar surface area (TPSA) is 122 Å². The van der Waals surface area contributed by atoms with Gasteiger partial charge in [-0.1, -0.05) is 30.3 Å². The molecule has 0 bridgehead atoms. The SMILES string of the molecule is CN(CCCNC(=O)C(O)C(N)Cc1ccccc1)C(=O)CC(N)Cc1cc(F)ccc1F. The van der Waals surface area contributed by atoms with Crippen LogP contribution in [0, 0.1) is 11.6 Å². The Kier molecular flexibility index (Phi) is 10.4. The van der Waals surface area contributed by atoms with E-state index in [9.17, 15) is 23.5 Å². The average Bonchev–Trinajstić information content (AvgIpc) is 2.78. The van der Waals surface area contributed by atoms with E-state index in [4.69, 9.17) is 11.5 Å². The number of hydrogen-bond acceptors (Lipinski definition) is 5. The van der Waals surface area contributed by atoms with Gasteiger partial charge in [-0.25, -0.2) is 8.78 Å². The molecule has 2 aromatic rings. The Labute approximate surface area is 192 Å². The van der Waals surface area contributed by atoms with Crippen molar-refractivity contribution in [1.82, 2.24) is 10.2 Å². The number of rotatable bonds is 12. The molecule has 0 heterocycles. The summed E-state index contributed by atoms with van der Waals surface area (Å²) in [7, 11) is 1.60. The Morgan fingerprint density at radius 3 is 2.48 bits per heavy atom. The van der Waals surface area contributed by atoms with Gasteiger partial charge < -0.3 is 26.8 Å². The fourth-order valence-electron chi connectivity index (χ4n) is 3.38. The summed E-state index contributed by atoms with van der Waals surface area (Å²) in [6.07, 6.45) is -0.494. The highest BCUT2D eigenvalue weighted by atomic mass is 19.1. The van der Waals surface area contributed by atoms with Crippen LogP contribution in [0.1, 0.15) is 24.0 Å². The molecule has 33 heavy (non-hydrogen) atoms. The number of hydrogen-bond donors (Lipinski definition) is 4. The molecular formula is C24H32F2N4O3. The zero-order valence-corrected chi connectivity index (χ0v) is 18.7. The maximum Gasteiger partial charge on any atom is 0.250 e. The minimum absolute atomic E-state index is 0.0220. The van der Waals surface area contributed by atoms with Gasteiger partial charge in [-0.05, 0) is 48.6 Å². The monoisotopic (exact) mass is 462 g/mol. The Bertz CT molecular complexity index is 914. The first-order valence-electron chi connectivity index (χ1n) is 10.9. The molecule has 0 fully saturated rings. The van der Waals surface area contributed by atoms with Crippen molar-refractivity contribution >= 4 is 11.8 Å². The van der Waals surface area contributed by atoms with Gasteiger partial charge in [0.25, 0.3) is 0 Å². The summed E-state index contributed by atoms with van der Waals surface area (Å²) in [5.74, 6) is -1.92. The van der Waals surface area contributed by atoms with Crippen LogP contribution in [0.25, 0.3) is 0 Å². The number of nitrogens with two attached hydrogens (primary N) is 2. The molecule has 0 radical (unpaired) electrons. The van der Waals surface area contributed by atoms with Gasteiger partial charge >= 0.3 is 0 Å². The molecule has 0 aliphatic carbocycles. The highest BCUT2D eigenvalue weighted by Crippen LogP contribution is 2.13. The number of aliphatic hydroxyl groups is 1. The second-order valence-corrected chi connectivity index (χ2v) is 8.16. The van der Waals surface area contributed by atoms with Gasteiger partial charge in [0, 0.05) is 38.6 Å². The van der Waals surface area contributed by atoms with Crippen molar-refractivity contribution in [3.63, 3.8) is 0 Å². The molecule has 3 atom stereocenters. The van der Waals surface area contributed by atoms with E-state index in [0.29, 0.717) is 19.4 Å². The largest absolute Gasteiger partial charge is 0.382 e.